The molecule has 0 aromatic heterocycles. The highest BCUT2D eigenvalue weighted by Crippen LogP contribution is 2.14. The van der Waals surface area contributed by atoms with Crippen LogP contribution in [0.3, 0.4) is 0 Å². The Morgan fingerprint density at radius 3 is 3.00 bits per heavy atom. The van der Waals surface area contributed by atoms with Crippen molar-refractivity contribution in [1.29, 1.82) is 0 Å². The monoisotopic (exact) mass is 190 g/mol. The van der Waals surface area contributed by atoms with E-state index in [9.17, 15) is 0 Å². The summed E-state index contributed by atoms with van der Waals surface area (Å²) < 4.78 is 0. The zero-order valence-corrected chi connectivity index (χ0v) is 8.72. The maximum atomic E-state index is 3.49. The molecule has 0 aliphatic carbocycles. The predicted octanol–water partition coefficient (Wildman–Crippen LogP) is 2.16. The number of benzene rings is 1. The lowest BCUT2D eigenvalue weighted by molar-refractivity contribution is 0.633. The second-order valence-electron chi connectivity index (χ2n) is 3.99. The van der Waals surface area contributed by atoms with E-state index in [1.807, 2.05) is 0 Å². The zero-order valence-electron chi connectivity index (χ0n) is 8.72. The molecule has 1 fully saturated rings. The third kappa shape index (κ3) is 2.26. The Bertz CT molecular complexity index is 290. The lowest BCUT2D eigenvalue weighted by Crippen LogP contribution is -2.29. The van der Waals surface area contributed by atoms with Crippen LogP contribution in [0.1, 0.15) is 18.4 Å². The van der Waals surface area contributed by atoms with Gasteiger partial charge in [0.15, 0.2) is 0 Å². The molecule has 14 heavy (non-hydrogen) atoms. The highest BCUT2D eigenvalue weighted by molar-refractivity contribution is 5.50. The van der Waals surface area contributed by atoms with E-state index in [1.54, 1.807) is 0 Å². The third-order valence-corrected chi connectivity index (χ3v) is 2.85. The van der Waals surface area contributed by atoms with E-state index in [0.717, 1.165) is 6.54 Å². The van der Waals surface area contributed by atoms with Crippen LogP contribution in [-0.4, -0.2) is 19.1 Å². The first-order valence-electron chi connectivity index (χ1n) is 5.39. The Hall–Kier alpha value is -1.02. The van der Waals surface area contributed by atoms with E-state index < -0.39 is 0 Å². The molecule has 0 amide bonds. The fraction of sp³-hybridized carbons (Fsp3) is 0.500. The molecular formula is C12H18N2. The predicted molar refractivity (Wildman–Crippen MR) is 60.7 cm³/mol. The lowest BCUT2D eigenvalue weighted by atomic mass is 10.2. The molecule has 0 radical (unpaired) electrons. The van der Waals surface area contributed by atoms with Crippen molar-refractivity contribution in [3.05, 3.63) is 29.8 Å². The van der Waals surface area contributed by atoms with Gasteiger partial charge in [-0.25, -0.2) is 0 Å². The van der Waals surface area contributed by atoms with Crippen LogP contribution in [0, 0.1) is 6.92 Å². The molecule has 1 aliphatic rings. The molecule has 0 saturated carbocycles. The first-order valence-corrected chi connectivity index (χ1v) is 5.39. The Balaban J connectivity index is 1.88. The van der Waals surface area contributed by atoms with E-state index >= 15 is 0 Å². The number of para-hydroxylation sites is 1. The molecule has 1 aromatic carbocycles. The molecule has 2 rings (SSSR count). The van der Waals surface area contributed by atoms with Gasteiger partial charge in [-0.2, -0.15) is 0 Å². The first-order chi connectivity index (χ1) is 6.86. The van der Waals surface area contributed by atoms with E-state index in [4.69, 9.17) is 0 Å². The van der Waals surface area contributed by atoms with Crippen molar-refractivity contribution in [1.82, 2.24) is 5.32 Å². The van der Waals surface area contributed by atoms with Gasteiger partial charge in [0, 0.05) is 18.3 Å². The van der Waals surface area contributed by atoms with Crippen LogP contribution in [0.4, 0.5) is 5.69 Å². The summed E-state index contributed by atoms with van der Waals surface area (Å²) in [6, 6.07) is 9.11. The third-order valence-electron chi connectivity index (χ3n) is 2.85. The van der Waals surface area contributed by atoms with E-state index in [2.05, 4.69) is 41.8 Å². The van der Waals surface area contributed by atoms with Crippen LogP contribution in [0.5, 0.6) is 0 Å². The molecule has 1 heterocycles. The fourth-order valence-corrected chi connectivity index (χ4v) is 1.94. The molecule has 2 nitrogen and oxygen atoms in total. The normalized spacial score (nSPS) is 21.1. The summed E-state index contributed by atoms with van der Waals surface area (Å²) in [5, 5.41) is 6.98. The topological polar surface area (TPSA) is 24.1 Å². The number of rotatable bonds is 3. The zero-order chi connectivity index (χ0) is 9.80. The molecule has 0 unspecified atom stereocenters. The van der Waals surface area contributed by atoms with Crippen LogP contribution in [0.15, 0.2) is 24.3 Å². The minimum atomic E-state index is 0.662. The summed E-state index contributed by atoms with van der Waals surface area (Å²) in [4.78, 5) is 0. The minimum Gasteiger partial charge on any atom is -0.383 e. The van der Waals surface area contributed by atoms with Gasteiger partial charge < -0.3 is 10.6 Å². The van der Waals surface area contributed by atoms with Gasteiger partial charge in [0.1, 0.15) is 0 Å². The molecular weight excluding hydrogens is 172 g/mol. The van der Waals surface area contributed by atoms with Gasteiger partial charge in [-0.15, -0.1) is 0 Å². The van der Waals surface area contributed by atoms with Crippen molar-refractivity contribution in [2.75, 3.05) is 18.4 Å². The molecule has 76 valence electrons. The standard InChI is InChI=1S/C12H18N2/c1-10-5-2-3-7-12(10)14-9-11-6-4-8-13-11/h2-3,5,7,11,13-14H,4,6,8-9H2,1H3/t11-/m1/s1. The fourth-order valence-electron chi connectivity index (χ4n) is 1.94. The van der Waals surface area contributed by atoms with Crippen molar-refractivity contribution in [3.8, 4) is 0 Å². The van der Waals surface area contributed by atoms with E-state index in [0.29, 0.717) is 6.04 Å². The Morgan fingerprint density at radius 2 is 2.29 bits per heavy atom. The largest absolute Gasteiger partial charge is 0.383 e. The molecule has 0 bridgehead atoms. The molecule has 1 aromatic rings. The van der Waals surface area contributed by atoms with Gasteiger partial charge in [-0.1, -0.05) is 18.2 Å². The van der Waals surface area contributed by atoms with Crippen LogP contribution < -0.4 is 10.6 Å². The van der Waals surface area contributed by atoms with Crippen LogP contribution in [0.25, 0.3) is 0 Å². The number of aryl methyl sites for hydroxylation is 1. The van der Waals surface area contributed by atoms with Crippen molar-refractivity contribution in [2.45, 2.75) is 25.8 Å². The first kappa shape index (κ1) is 9.53. The second kappa shape index (κ2) is 4.47. The smallest absolute Gasteiger partial charge is 0.0370 e. The molecule has 2 heteroatoms. The molecule has 0 spiro atoms. The summed E-state index contributed by atoms with van der Waals surface area (Å²) in [6.07, 6.45) is 2.62. The Kier molecular flexibility index (Phi) is 3.04. The number of anilines is 1. The number of hydrogen-bond acceptors (Lipinski definition) is 2. The summed E-state index contributed by atoms with van der Waals surface area (Å²) in [7, 11) is 0. The summed E-state index contributed by atoms with van der Waals surface area (Å²) in [5.41, 5.74) is 2.59. The average molecular weight is 190 g/mol. The van der Waals surface area contributed by atoms with Gasteiger partial charge in [-0.3, -0.25) is 0 Å². The van der Waals surface area contributed by atoms with Gasteiger partial charge in [-0.05, 0) is 37.9 Å². The Morgan fingerprint density at radius 1 is 1.43 bits per heavy atom. The quantitative estimate of drug-likeness (QED) is 0.763. The number of hydrogen-bond donors (Lipinski definition) is 2. The summed E-state index contributed by atoms with van der Waals surface area (Å²) in [6.45, 7) is 4.37. The van der Waals surface area contributed by atoms with Crippen LogP contribution in [-0.2, 0) is 0 Å². The maximum Gasteiger partial charge on any atom is 0.0370 e. The van der Waals surface area contributed by atoms with Crippen molar-refractivity contribution in [3.63, 3.8) is 0 Å². The Labute approximate surface area is 85.7 Å². The van der Waals surface area contributed by atoms with E-state index in [-0.39, 0.29) is 0 Å². The van der Waals surface area contributed by atoms with Crippen LogP contribution in [0.2, 0.25) is 0 Å². The number of nitrogens with one attached hydrogen (secondary N) is 2. The van der Waals surface area contributed by atoms with E-state index in [1.165, 1.54) is 30.6 Å². The maximum absolute atomic E-state index is 3.49. The highest BCUT2D eigenvalue weighted by atomic mass is 15.0. The second-order valence-corrected chi connectivity index (χ2v) is 3.99. The van der Waals surface area contributed by atoms with Gasteiger partial charge in [0.05, 0.1) is 0 Å². The molecule has 1 saturated heterocycles. The SMILES string of the molecule is Cc1ccccc1NC[C@H]1CCCN1. The van der Waals surface area contributed by atoms with Crippen molar-refractivity contribution < 1.29 is 0 Å². The van der Waals surface area contributed by atoms with Gasteiger partial charge >= 0.3 is 0 Å². The summed E-state index contributed by atoms with van der Waals surface area (Å²) in [5.74, 6) is 0. The lowest BCUT2D eigenvalue weighted by Gasteiger charge is -2.14. The highest BCUT2D eigenvalue weighted by Gasteiger charge is 2.13. The van der Waals surface area contributed by atoms with Crippen molar-refractivity contribution in [2.24, 2.45) is 0 Å². The average Bonchev–Trinajstić information content (AvgIpc) is 2.69. The summed E-state index contributed by atoms with van der Waals surface area (Å²) >= 11 is 0. The molecule has 2 N–H and O–H groups in total. The molecule has 1 atom stereocenters. The molecule has 1 aliphatic heterocycles. The van der Waals surface area contributed by atoms with Gasteiger partial charge in [0.25, 0.3) is 0 Å². The van der Waals surface area contributed by atoms with Crippen LogP contribution >= 0.6 is 0 Å². The minimum absolute atomic E-state index is 0.662. The van der Waals surface area contributed by atoms with Crippen molar-refractivity contribution >= 4 is 5.69 Å². The van der Waals surface area contributed by atoms with Gasteiger partial charge in [0.2, 0.25) is 0 Å².